The predicted molar refractivity (Wildman–Crippen MR) is 75.4 cm³/mol. The lowest BCUT2D eigenvalue weighted by atomic mass is 9.92. The van der Waals surface area contributed by atoms with Crippen LogP contribution in [0.25, 0.3) is 0 Å². The molecule has 0 saturated carbocycles. The van der Waals surface area contributed by atoms with E-state index in [2.05, 4.69) is 58.7 Å². The fourth-order valence-corrected chi connectivity index (χ4v) is 2.82. The lowest BCUT2D eigenvalue weighted by molar-refractivity contribution is 0.0959. The van der Waals surface area contributed by atoms with E-state index in [4.69, 9.17) is 0 Å². The SMILES string of the molecule is CCN(C(C)C)C(C)CC(C)(CO)NC(C)C. The van der Waals surface area contributed by atoms with Crippen LogP contribution in [0.2, 0.25) is 0 Å². The van der Waals surface area contributed by atoms with Crippen LogP contribution in [0.4, 0.5) is 0 Å². The van der Waals surface area contributed by atoms with Crippen molar-refractivity contribution in [1.29, 1.82) is 0 Å². The fraction of sp³-hybridized carbons (Fsp3) is 1.00. The summed E-state index contributed by atoms with van der Waals surface area (Å²) in [6.45, 7) is 16.5. The number of nitrogens with one attached hydrogen (secondary N) is 1. The molecule has 0 aromatic rings. The molecule has 0 aliphatic rings. The van der Waals surface area contributed by atoms with Crippen molar-refractivity contribution in [3.05, 3.63) is 0 Å². The largest absolute Gasteiger partial charge is 0.394 e. The van der Waals surface area contributed by atoms with Crippen LogP contribution >= 0.6 is 0 Å². The first-order valence-corrected chi connectivity index (χ1v) is 6.90. The predicted octanol–water partition coefficient (Wildman–Crippen LogP) is 2.24. The van der Waals surface area contributed by atoms with Crippen molar-refractivity contribution in [2.75, 3.05) is 13.2 Å². The van der Waals surface area contributed by atoms with Crippen LogP contribution in [0, 0.1) is 0 Å². The molecule has 17 heavy (non-hydrogen) atoms. The van der Waals surface area contributed by atoms with E-state index in [9.17, 15) is 5.11 Å². The third kappa shape index (κ3) is 5.84. The van der Waals surface area contributed by atoms with Crippen LogP contribution in [0.15, 0.2) is 0 Å². The van der Waals surface area contributed by atoms with E-state index in [1.54, 1.807) is 0 Å². The summed E-state index contributed by atoms with van der Waals surface area (Å²) < 4.78 is 0. The number of rotatable bonds is 8. The average Bonchev–Trinajstić information content (AvgIpc) is 2.16. The van der Waals surface area contributed by atoms with Crippen LogP contribution in [0.1, 0.15) is 54.9 Å². The number of aliphatic hydroxyl groups is 1. The highest BCUT2D eigenvalue weighted by Crippen LogP contribution is 2.18. The second kappa shape index (κ2) is 7.34. The standard InChI is InChI=1S/C14H32N2O/c1-8-16(12(4)5)13(6)9-14(7,10-17)15-11(2)3/h11-13,15,17H,8-10H2,1-7H3. The van der Waals surface area contributed by atoms with Gasteiger partial charge in [-0.3, -0.25) is 4.90 Å². The fourth-order valence-electron chi connectivity index (χ4n) is 2.82. The number of hydrogen-bond donors (Lipinski definition) is 2. The van der Waals surface area contributed by atoms with E-state index in [1.807, 2.05) is 0 Å². The molecule has 0 heterocycles. The molecule has 0 aliphatic heterocycles. The molecule has 0 bridgehead atoms. The Kier molecular flexibility index (Phi) is 7.29. The summed E-state index contributed by atoms with van der Waals surface area (Å²) in [5.74, 6) is 0. The molecule has 3 heteroatoms. The molecule has 0 fully saturated rings. The van der Waals surface area contributed by atoms with Gasteiger partial charge < -0.3 is 10.4 Å². The van der Waals surface area contributed by atoms with Gasteiger partial charge in [0.1, 0.15) is 0 Å². The zero-order valence-electron chi connectivity index (χ0n) is 12.7. The minimum absolute atomic E-state index is 0.185. The number of hydrogen-bond acceptors (Lipinski definition) is 3. The third-order valence-electron chi connectivity index (χ3n) is 3.33. The van der Waals surface area contributed by atoms with Crippen molar-refractivity contribution in [2.45, 2.75) is 78.6 Å². The zero-order chi connectivity index (χ0) is 13.6. The van der Waals surface area contributed by atoms with Crippen LogP contribution in [0.3, 0.4) is 0 Å². The average molecular weight is 244 g/mol. The molecule has 0 spiro atoms. The highest BCUT2D eigenvalue weighted by atomic mass is 16.3. The van der Waals surface area contributed by atoms with Crippen molar-refractivity contribution in [2.24, 2.45) is 0 Å². The normalized spacial score (nSPS) is 17.8. The third-order valence-corrected chi connectivity index (χ3v) is 3.33. The van der Waals surface area contributed by atoms with Gasteiger partial charge in [-0.2, -0.15) is 0 Å². The van der Waals surface area contributed by atoms with E-state index >= 15 is 0 Å². The molecule has 0 aliphatic carbocycles. The van der Waals surface area contributed by atoms with E-state index in [0.717, 1.165) is 13.0 Å². The molecule has 0 radical (unpaired) electrons. The summed E-state index contributed by atoms with van der Waals surface area (Å²) in [5, 5.41) is 13.1. The van der Waals surface area contributed by atoms with Crippen LogP contribution in [-0.4, -0.2) is 46.8 Å². The van der Waals surface area contributed by atoms with E-state index in [1.165, 1.54) is 0 Å². The first-order chi connectivity index (χ1) is 7.75. The summed E-state index contributed by atoms with van der Waals surface area (Å²) in [5.41, 5.74) is -0.185. The van der Waals surface area contributed by atoms with Gasteiger partial charge in [-0.1, -0.05) is 20.8 Å². The molecule has 0 saturated heterocycles. The first kappa shape index (κ1) is 16.9. The van der Waals surface area contributed by atoms with E-state index < -0.39 is 0 Å². The molecule has 0 amide bonds. The maximum Gasteiger partial charge on any atom is 0.0611 e. The van der Waals surface area contributed by atoms with Gasteiger partial charge in [0.15, 0.2) is 0 Å². The molecule has 2 unspecified atom stereocenters. The van der Waals surface area contributed by atoms with E-state index in [-0.39, 0.29) is 12.1 Å². The van der Waals surface area contributed by atoms with Gasteiger partial charge in [0.2, 0.25) is 0 Å². The summed E-state index contributed by atoms with van der Waals surface area (Å²) >= 11 is 0. The second-order valence-corrected chi connectivity index (χ2v) is 6.00. The van der Waals surface area contributed by atoms with E-state index in [0.29, 0.717) is 18.1 Å². The van der Waals surface area contributed by atoms with Gasteiger partial charge in [0, 0.05) is 23.7 Å². The van der Waals surface area contributed by atoms with Crippen LogP contribution in [-0.2, 0) is 0 Å². The Morgan fingerprint density at radius 1 is 1.18 bits per heavy atom. The highest BCUT2D eigenvalue weighted by Gasteiger charge is 2.29. The van der Waals surface area contributed by atoms with Crippen molar-refractivity contribution >= 4 is 0 Å². The summed E-state index contributed by atoms with van der Waals surface area (Å²) in [6.07, 6.45) is 0.966. The summed E-state index contributed by atoms with van der Waals surface area (Å²) in [4.78, 5) is 2.47. The Hall–Kier alpha value is -0.120. The Balaban J connectivity index is 4.54. The topological polar surface area (TPSA) is 35.5 Å². The van der Waals surface area contributed by atoms with Gasteiger partial charge in [-0.05, 0) is 40.7 Å². The first-order valence-electron chi connectivity index (χ1n) is 6.90. The Morgan fingerprint density at radius 3 is 2.00 bits per heavy atom. The Morgan fingerprint density at radius 2 is 1.71 bits per heavy atom. The maximum atomic E-state index is 9.60. The molecular weight excluding hydrogens is 212 g/mol. The van der Waals surface area contributed by atoms with Crippen molar-refractivity contribution < 1.29 is 5.11 Å². The Labute approximate surface area is 108 Å². The maximum absolute atomic E-state index is 9.60. The van der Waals surface area contributed by atoms with Gasteiger partial charge in [0.05, 0.1) is 6.61 Å². The second-order valence-electron chi connectivity index (χ2n) is 6.00. The number of aliphatic hydroxyl groups excluding tert-OH is 1. The summed E-state index contributed by atoms with van der Waals surface area (Å²) in [7, 11) is 0. The Bertz CT molecular complexity index is 206. The van der Waals surface area contributed by atoms with Gasteiger partial charge in [-0.25, -0.2) is 0 Å². The molecule has 2 atom stereocenters. The lowest BCUT2D eigenvalue weighted by Gasteiger charge is -2.39. The molecule has 3 nitrogen and oxygen atoms in total. The number of nitrogens with zero attached hydrogens (tertiary/aromatic N) is 1. The van der Waals surface area contributed by atoms with Gasteiger partial charge in [0.25, 0.3) is 0 Å². The minimum atomic E-state index is -0.185. The molecule has 2 N–H and O–H groups in total. The van der Waals surface area contributed by atoms with Crippen molar-refractivity contribution in [3.63, 3.8) is 0 Å². The quantitative estimate of drug-likeness (QED) is 0.687. The van der Waals surface area contributed by atoms with Crippen LogP contribution in [0.5, 0.6) is 0 Å². The lowest BCUT2D eigenvalue weighted by Crippen LogP contribution is -2.53. The summed E-state index contributed by atoms with van der Waals surface area (Å²) in [6, 6.07) is 1.42. The zero-order valence-corrected chi connectivity index (χ0v) is 12.7. The van der Waals surface area contributed by atoms with Crippen molar-refractivity contribution in [3.8, 4) is 0 Å². The molecule has 0 aromatic heterocycles. The monoisotopic (exact) mass is 244 g/mol. The molecule has 104 valence electrons. The van der Waals surface area contributed by atoms with Crippen molar-refractivity contribution in [1.82, 2.24) is 10.2 Å². The smallest absolute Gasteiger partial charge is 0.0611 e. The molecule has 0 aromatic carbocycles. The van der Waals surface area contributed by atoms with Gasteiger partial charge >= 0.3 is 0 Å². The van der Waals surface area contributed by atoms with Gasteiger partial charge in [-0.15, -0.1) is 0 Å². The minimum Gasteiger partial charge on any atom is -0.394 e. The highest BCUT2D eigenvalue weighted by molar-refractivity contribution is 4.88. The molecular formula is C14H32N2O. The van der Waals surface area contributed by atoms with Crippen LogP contribution < -0.4 is 5.32 Å². The molecule has 0 rings (SSSR count).